The molecule has 0 saturated heterocycles. The van der Waals surface area contributed by atoms with Crippen molar-refractivity contribution in [1.82, 2.24) is 9.13 Å². The molecular weight excluding hydrogens is 949 g/mol. The Morgan fingerprint density at radius 2 is 0.750 bits per heavy atom. The molecule has 15 rings (SSSR count). The van der Waals surface area contributed by atoms with Gasteiger partial charge in [-0.3, -0.25) is 0 Å². The molecule has 76 heavy (non-hydrogen) atoms. The first-order valence-electron chi connectivity index (χ1n) is 26.4. The summed E-state index contributed by atoms with van der Waals surface area (Å²) in [6.45, 7) is 0. The van der Waals surface area contributed by atoms with Crippen molar-refractivity contribution in [1.29, 1.82) is 0 Å². The smallest absolute Gasteiger partial charge is 0.180 e. The predicted molar refractivity (Wildman–Crippen MR) is 327 cm³/mol. The fourth-order valence-electron chi connectivity index (χ4n) is 13.5. The maximum absolute atomic E-state index is 2.71. The summed E-state index contributed by atoms with van der Waals surface area (Å²) in [7, 11) is -5.40. The van der Waals surface area contributed by atoms with Crippen molar-refractivity contribution in [3.8, 4) is 33.6 Å². The number of rotatable bonds is 9. The molecule has 2 nitrogen and oxygen atoms in total. The number of hydrogen-bond donors (Lipinski definition) is 0. The highest BCUT2D eigenvalue weighted by Crippen LogP contribution is 2.43. The minimum Gasteiger partial charge on any atom is -0.309 e. The summed E-state index contributed by atoms with van der Waals surface area (Å²) in [5, 5.41) is 16.1. The molecule has 0 fully saturated rings. The zero-order chi connectivity index (χ0) is 50.2. The van der Waals surface area contributed by atoms with E-state index in [9.17, 15) is 0 Å². The van der Waals surface area contributed by atoms with Crippen LogP contribution < -0.4 is 41.5 Å². The minimum absolute atomic E-state index is 1.14. The van der Waals surface area contributed by atoms with Gasteiger partial charge in [0.1, 0.15) is 0 Å². The number of hydrogen-bond acceptors (Lipinski definition) is 0. The quantitative estimate of drug-likeness (QED) is 0.101. The second kappa shape index (κ2) is 17.7. The first-order chi connectivity index (χ1) is 37.7. The Bertz CT molecular complexity index is 4350. The minimum atomic E-state index is -2.71. The van der Waals surface area contributed by atoms with Gasteiger partial charge in [-0.15, -0.1) is 0 Å². The Hall–Kier alpha value is -9.33. The van der Waals surface area contributed by atoms with Crippen LogP contribution in [0.4, 0.5) is 0 Å². The average molecular weight is 999 g/mol. The second-order valence-corrected chi connectivity index (χ2v) is 27.8. The van der Waals surface area contributed by atoms with Gasteiger partial charge in [-0.2, -0.15) is 0 Å². The Kier molecular flexibility index (Phi) is 10.3. The lowest BCUT2D eigenvalue weighted by Gasteiger charge is -2.34. The van der Waals surface area contributed by atoms with Crippen LogP contribution in [0.3, 0.4) is 0 Å². The summed E-state index contributed by atoms with van der Waals surface area (Å²) in [6.07, 6.45) is 0. The van der Waals surface area contributed by atoms with Crippen molar-refractivity contribution in [2.75, 3.05) is 0 Å². The molecule has 2 aromatic heterocycles. The molecule has 0 amide bonds. The molecule has 1 aliphatic heterocycles. The molecule has 0 unspecified atom stereocenters. The van der Waals surface area contributed by atoms with Crippen LogP contribution in [0.2, 0.25) is 0 Å². The summed E-state index contributed by atoms with van der Waals surface area (Å²) >= 11 is 0. The van der Waals surface area contributed by atoms with E-state index in [0.29, 0.717) is 0 Å². The maximum atomic E-state index is 2.54. The van der Waals surface area contributed by atoms with Crippen LogP contribution in [0.5, 0.6) is 0 Å². The molecule has 1 aliphatic rings. The summed E-state index contributed by atoms with van der Waals surface area (Å²) < 4.78 is 5.02. The van der Waals surface area contributed by atoms with E-state index < -0.39 is 16.1 Å². The standard InChI is InChI=1S/C72H50N2Si2/c1-6-24-53(25-7-1)75(54-26-8-2-9-27-54,55-28-10-3-11-29-55)58-47-45-52(46-48-58)73-65-39-20-17-35-62(65)72-66(73)40-23-41-67(72)74-64-38-19-16-34-60(64)61-49-44-51(50-68(61)74)59-37-22-43-70-71(59)63-36-18-21-42-69(63)76(70,56-30-12-4-13-31-56)57-32-14-5-15-33-57/h1-50H. The number of benzene rings is 12. The van der Waals surface area contributed by atoms with Gasteiger partial charge in [-0.25, -0.2) is 0 Å². The van der Waals surface area contributed by atoms with Crippen LogP contribution in [-0.2, 0) is 0 Å². The first-order valence-corrected chi connectivity index (χ1v) is 30.4. The molecular formula is C72H50N2Si2. The van der Waals surface area contributed by atoms with E-state index in [0.717, 1.165) is 5.69 Å². The Morgan fingerprint density at radius 1 is 0.289 bits per heavy atom. The summed E-state index contributed by atoms with van der Waals surface area (Å²) in [5.74, 6) is 0. The average Bonchev–Trinajstić information content (AvgIpc) is 4.29. The highest BCUT2D eigenvalue weighted by Gasteiger charge is 2.49. The van der Waals surface area contributed by atoms with E-state index in [-0.39, 0.29) is 0 Å². The lowest BCUT2D eigenvalue weighted by Crippen LogP contribution is -2.74. The van der Waals surface area contributed by atoms with Crippen molar-refractivity contribution in [2.24, 2.45) is 0 Å². The van der Waals surface area contributed by atoms with Gasteiger partial charge in [-0.05, 0) is 106 Å². The zero-order valence-electron chi connectivity index (χ0n) is 41.8. The first kappa shape index (κ1) is 44.2. The third-order valence-electron chi connectivity index (χ3n) is 16.6. The summed E-state index contributed by atoms with van der Waals surface area (Å²) in [5.41, 5.74) is 12.2. The van der Waals surface area contributed by atoms with E-state index in [1.165, 1.54) is 113 Å². The van der Waals surface area contributed by atoms with Crippen molar-refractivity contribution >= 4 is 101 Å². The fraction of sp³-hybridized carbons (Fsp3) is 0. The zero-order valence-corrected chi connectivity index (χ0v) is 43.8. The van der Waals surface area contributed by atoms with Crippen LogP contribution in [0.15, 0.2) is 303 Å². The van der Waals surface area contributed by atoms with E-state index in [1.807, 2.05) is 0 Å². The van der Waals surface area contributed by atoms with E-state index in [1.54, 1.807) is 0 Å². The molecule has 0 saturated carbocycles. The molecule has 3 heterocycles. The van der Waals surface area contributed by atoms with Gasteiger partial charge in [0, 0.05) is 27.2 Å². The van der Waals surface area contributed by atoms with Gasteiger partial charge < -0.3 is 9.13 Å². The van der Waals surface area contributed by atoms with Gasteiger partial charge in [0.25, 0.3) is 0 Å². The summed E-state index contributed by atoms with van der Waals surface area (Å²) in [4.78, 5) is 0. The lowest BCUT2D eigenvalue weighted by atomic mass is 9.94. The van der Waals surface area contributed by atoms with E-state index >= 15 is 0 Å². The van der Waals surface area contributed by atoms with Crippen LogP contribution in [0, 0.1) is 0 Å². The second-order valence-electron chi connectivity index (χ2n) is 20.3. The molecule has 12 aromatic carbocycles. The molecule has 0 bridgehead atoms. The molecule has 0 radical (unpaired) electrons. The van der Waals surface area contributed by atoms with Crippen LogP contribution in [0.1, 0.15) is 0 Å². The number of aromatic nitrogens is 2. The maximum Gasteiger partial charge on any atom is 0.180 e. The number of fused-ring (bicyclic) bond motifs is 9. The van der Waals surface area contributed by atoms with E-state index in [2.05, 4.69) is 312 Å². The highest BCUT2D eigenvalue weighted by atomic mass is 28.3. The van der Waals surface area contributed by atoms with Crippen molar-refractivity contribution < 1.29 is 0 Å². The Morgan fingerprint density at radius 3 is 1.38 bits per heavy atom. The van der Waals surface area contributed by atoms with E-state index in [4.69, 9.17) is 0 Å². The van der Waals surface area contributed by atoms with Crippen LogP contribution in [-0.4, -0.2) is 25.3 Å². The third-order valence-corrected chi connectivity index (χ3v) is 26.2. The van der Waals surface area contributed by atoms with Gasteiger partial charge in [0.15, 0.2) is 16.1 Å². The van der Waals surface area contributed by atoms with Crippen LogP contribution in [0.25, 0.3) is 77.2 Å². The normalized spacial score (nSPS) is 12.8. The lowest BCUT2D eigenvalue weighted by molar-refractivity contribution is 1.17. The SMILES string of the molecule is c1ccc([Si](c2ccccc2)(c2ccccc2)c2ccc(-n3c4ccccc4c4c(-n5c6ccccc6c6ccc(-c7cccc8c7-c7ccccc7[Si]8(c7ccccc7)c7ccccc7)cc65)cccc43)cc2)cc1. The monoisotopic (exact) mass is 998 g/mol. The van der Waals surface area contributed by atoms with Gasteiger partial charge in [-0.1, -0.05) is 261 Å². The van der Waals surface area contributed by atoms with Crippen LogP contribution >= 0.6 is 0 Å². The summed E-state index contributed by atoms with van der Waals surface area (Å²) in [6, 6.07) is 114. The molecule has 0 spiro atoms. The topological polar surface area (TPSA) is 9.86 Å². The molecule has 4 heteroatoms. The van der Waals surface area contributed by atoms with Crippen molar-refractivity contribution in [2.45, 2.75) is 0 Å². The predicted octanol–water partition coefficient (Wildman–Crippen LogP) is 12.3. The molecule has 0 aliphatic carbocycles. The Labute approximate surface area is 444 Å². The number of para-hydroxylation sites is 2. The molecule has 356 valence electrons. The number of nitrogens with zero attached hydrogens (tertiary/aromatic N) is 2. The molecule has 0 N–H and O–H groups in total. The van der Waals surface area contributed by atoms with Gasteiger partial charge >= 0.3 is 0 Å². The molecule has 14 aromatic rings. The fourth-order valence-corrected chi connectivity index (χ4v) is 23.5. The van der Waals surface area contributed by atoms with Gasteiger partial charge in [0.2, 0.25) is 0 Å². The highest BCUT2D eigenvalue weighted by molar-refractivity contribution is 7.22. The van der Waals surface area contributed by atoms with Crippen molar-refractivity contribution in [3.05, 3.63) is 303 Å². The third kappa shape index (κ3) is 6.38. The Balaban J connectivity index is 0.935. The molecule has 0 atom stereocenters. The van der Waals surface area contributed by atoms with Gasteiger partial charge in [0.05, 0.1) is 27.8 Å². The van der Waals surface area contributed by atoms with Crippen molar-refractivity contribution in [3.63, 3.8) is 0 Å². The largest absolute Gasteiger partial charge is 0.309 e.